The zero-order valence-corrected chi connectivity index (χ0v) is 10.8. The predicted octanol–water partition coefficient (Wildman–Crippen LogP) is 1.95. The Morgan fingerprint density at radius 3 is 2.42 bits per heavy atom. The molecule has 0 aliphatic heterocycles. The van der Waals surface area contributed by atoms with Crippen LogP contribution in [-0.4, -0.2) is 18.0 Å². The molecule has 0 saturated heterocycles. The molecule has 1 N–H and O–H groups in total. The molecule has 98 valence electrons. The van der Waals surface area contributed by atoms with E-state index in [9.17, 15) is 4.79 Å². The smallest absolute Gasteiger partial charge is 0.224 e. The molecule has 4 nitrogen and oxygen atoms in total. The third-order valence-electron chi connectivity index (χ3n) is 2.76. The number of amides is 1. The van der Waals surface area contributed by atoms with Gasteiger partial charge in [-0.2, -0.15) is 0 Å². The average Bonchev–Trinajstić information content (AvgIpc) is 2.47. The summed E-state index contributed by atoms with van der Waals surface area (Å²) in [6, 6.07) is 11.3. The number of rotatable bonds is 5. The highest BCUT2D eigenvalue weighted by Crippen LogP contribution is 2.11. The van der Waals surface area contributed by atoms with Gasteiger partial charge in [-0.05, 0) is 35.4 Å². The number of nitrogens with zero attached hydrogens (tertiary/aromatic N) is 1. The summed E-state index contributed by atoms with van der Waals surface area (Å²) in [6.45, 7) is 0.525. The molecule has 19 heavy (non-hydrogen) atoms. The third-order valence-corrected chi connectivity index (χ3v) is 2.76. The summed E-state index contributed by atoms with van der Waals surface area (Å²) in [5.74, 6) is 0.794. The van der Waals surface area contributed by atoms with E-state index < -0.39 is 0 Å². The first kappa shape index (κ1) is 13.1. The lowest BCUT2D eigenvalue weighted by molar-refractivity contribution is -0.120. The summed E-state index contributed by atoms with van der Waals surface area (Å²) >= 11 is 0. The average molecular weight is 256 g/mol. The molecule has 1 aromatic carbocycles. The van der Waals surface area contributed by atoms with Crippen LogP contribution in [-0.2, 0) is 17.8 Å². The van der Waals surface area contributed by atoms with E-state index in [0.29, 0.717) is 13.0 Å². The number of hydrogen-bond donors (Lipinski definition) is 1. The lowest BCUT2D eigenvalue weighted by Gasteiger charge is -2.06. The van der Waals surface area contributed by atoms with Crippen LogP contribution in [0.1, 0.15) is 11.1 Å². The van der Waals surface area contributed by atoms with Gasteiger partial charge in [-0.15, -0.1) is 0 Å². The molecule has 0 bridgehead atoms. The number of methoxy groups -OCH3 is 1. The molecule has 2 rings (SSSR count). The quantitative estimate of drug-likeness (QED) is 0.889. The molecule has 0 fully saturated rings. The van der Waals surface area contributed by atoms with Crippen molar-refractivity contribution in [3.8, 4) is 5.75 Å². The van der Waals surface area contributed by atoms with E-state index in [1.165, 1.54) is 0 Å². The van der Waals surface area contributed by atoms with Gasteiger partial charge in [0.05, 0.1) is 13.5 Å². The molecule has 4 heteroatoms. The van der Waals surface area contributed by atoms with Crippen LogP contribution in [0.15, 0.2) is 48.8 Å². The largest absolute Gasteiger partial charge is 0.497 e. The maximum Gasteiger partial charge on any atom is 0.224 e. The van der Waals surface area contributed by atoms with Crippen LogP contribution in [0.5, 0.6) is 5.75 Å². The Morgan fingerprint density at radius 1 is 1.11 bits per heavy atom. The minimum Gasteiger partial charge on any atom is -0.497 e. The van der Waals surface area contributed by atoms with Crippen LogP contribution in [0.25, 0.3) is 0 Å². The standard InChI is InChI=1S/C15H16N2O2/c1-19-14-4-2-12(3-5-14)10-15(18)17-11-13-6-8-16-9-7-13/h2-9H,10-11H2,1H3,(H,17,18). The van der Waals surface area contributed by atoms with E-state index in [1.807, 2.05) is 36.4 Å². The van der Waals surface area contributed by atoms with E-state index in [0.717, 1.165) is 16.9 Å². The molecular formula is C15H16N2O2. The van der Waals surface area contributed by atoms with Crippen molar-refractivity contribution >= 4 is 5.91 Å². The molecule has 0 aliphatic carbocycles. The molecule has 0 unspecified atom stereocenters. The Bertz CT molecular complexity index is 524. The van der Waals surface area contributed by atoms with Crippen molar-refractivity contribution in [2.45, 2.75) is 13.0 Å². The molecule has 0 spiro atoms. The number of pyridine rings is 1. The molecule has 0 aliphatic rings. The maximum absolute atomic E-state index is 11.8. The summed E-state index contributed by atoms with van der Waals surface area (Å²) < 4.78 is 5.07. The van der Waals surface area contributed by atoms with Crippen molar-refractivity contribution < 1.29 is 9.53 Å². The van der Waals surface area contributed by atoms with Crippen molar-refractivity contribution in [2.24, 2.45) is 0 Å². The van der Waals surface area contributed by atoms with Gasteiger partial charge in [0, 0.05) is 18.9 Å². The van der Waals surface area contributed by atoms with Gasteiger partial charge in [0.15, 0.2) is 0 Å². The molecule has 1 aromatic heterocycles. The fraction of sp³-hybridized carbons (Fsp3) is 0.200. The summed E-state index contributed by atoms with van der Waals surface area (Å²) in [6.07, 6.45) is 3.80. The number of benzene rings is 1. The first-order valence-corrected chi connectivity index (χ1v) is 6.06. The fourth-order valence-electron chi connectivity index (χ4n) is 1.69. The molecule has 0 atom stereocenters. The summed E-state index contributed by atoms with van der Waals surface area (Å²) in [5.41, 5.74) is 2.01. The summed E-state index contributed by atoms with van der Waals surface area (Å²) in [4.78, 5) is 15.7. The van der Waals surface area contributed by atoms with Gasteiger partial charge in [-0.25, -0.2) is 0 Å². The van der Waals surface area contributed by atoms with Crippen molar-refractivity contribution in [1.82, 2.24) is 10.3 Å². The highest BCUT2D eigenvalue weighted by Gasteiger charge is 2.03. The van der Waals surface area contributed by atoms with Gasteiger partial charge < -0.3 is 10.1 Å². The predicted molar refractivity (Wildman–Crippen MR) is 72.8 cm³/mol. The molecular weight excluding hydrogens is 240 g/mol. The van der Waals surface area contributed by atoms with E-state index in [1.54, 1.807) is 19.5 Å². The number of carbonyl (C=O) groups is 1. The second-order valence-corrected chi connectivity index (χ2v) is 4.16. The highest BCUT2D eigenvalue weighted by molar-refractivity contribution is 5.78. The van der Waals surface area contributed by atoms with Crippen LogP contribution in [0.3, 0.4) is 0 Å². The number of aromatic nitrogens is 1. The van der Waals surface area contributed by atoms with Crippen molar-refractivity contribution in [2.75, 3.05) is 7.11 Å². The Morgan fingerprint density at radius 2 is 1.79 bits per heavy atom. The van der Waals surface area contributed by atoms with Gasteiger partial charge in [0.2, 0.25) is 5.91 Å². The van der Waals surface area contributed by atoms with Crippen LogP contribution in [0.4, 0.5) is 0 Å². The van der Waals surface area contributed by atoms with Gasteiger partial charge in [0.1, 0.15) is 5.75 Å². The second-order valence-electron chi connectivity index (χ2n) is 4.16. The minimum atomic E-state index is 0.00183. The van der Waals surface area contributed by atoms with Gasteiger partial charge in [0.25, 0.3) is 0 Å². The number of nitrogens with one attached hydrogen (secondary N) is 1. The van der Waals surface area contributed by atoms with Gasteiger partial charge in [-0.3, -0.25) is 9.78 Å². The van der Waals surface area contributed by atoms with Crippen LogP contribution in [0.2, 0.25) is 0 Å². The maximum atomic E-state index is 11.8. The monoisotopic (exact) mass is 256 g/mol. The zero-order chi connectivity index (χ0) is 13.5. The van der Waals surface area contributed by atoms with E-state index >= 15 is 0 Å². The molecule has 0 saturated carbocycles. The van der Waals surface area contributed by atoms with Gasteiger partial charge in [-0.1, -0.05) is 12.1 Å². The lowest BCUT2D eigenvalue weighted by Crippen LogP contribution is -2.24. The van der Waals surface area contributed by atoms with Crippen LogP contribution < -0.4 is 10.1 Å². The zero-order valence-electron chi connectivity index (χ0n) is 10.8. The first-order valence-electron chi connectivity index (χ1n) is 6.06. The van der Waals surface area contributed by atoms with Crippen molar-refractivity contribution in [3.05, 3.63) is 59.9 Å². The highest BCUT2D eigenvalue weighted by atomic mass is 16.5. The summed E-state index contributed by atoms with van der Waals surface area (Å²) in [5, 5.41) is 2.88. The Labute approximate surface area is 112 Å². The van der Waals surface area contributed by atoms with Crippen LogP contribution >= 0.6 is 0 Å². The Kier molecular flexibility index (Phi) is 4.50. The Balaban J connectivity index is 1.83. The van der Waals surface area contributed by atoms with Crippen molar-refractivity contribution in [1.29, 1.82) is 0 Å². The third kappa shape index (κ3) is 4.10. The molecule has 2 aromatic rings. The minimum absolute atomic E-state index is 0.00183. The molecule has 0 radical (unpaired) electrons. The van der Waals surface area contributed by atoms with E-state index in [4.69, 9.17) is 4.74 Å². The fourth-order valence-corrected chi connectivity index (χ4v) is 1.69. The number of hydrogen-bond acceptors (Lipinski definition) is 3. The normalized spacial score (nSPS) is 9.95. The summed E-state index contributed by atoms with van der Waals surface area (Å²) in [7, 11) is 1.62. The van der Waals surface area contributed by atoms with Crippen LogP contribution in [0, 0.1) is 0 Å². The number of carbonyl (C=O) groups excluding carboxylic acids is 1. The SMILES string of the molecule is COc1ccc(CC(=O)NCc2ccncc2)cc1. The number of ether oxygens (including phenoxy) is 1. The van der Waals surface area contributed by atoms with E-state index in [2.05, 4.69) is 10.3 Å². The second kappa shape index (κ2) is 6.54. The van der Waals surface area contributed by atoms with Crippen molar-refractivity contribution in [3.63, 3.8) is 0 Å². The van der Waals surface area contributed by atoms with Gasteiger partial charge >= 0.3 is 0 Å². The molecule has 1 amide bonds. The topological polar surface area (TPSA) is 51.2 Å². The Hall–Kier alpha value is -2.36. The first-order chi connectivity index (χ1) is 9.28. The lowest BCUT2D eigenvalue weighted by atomic mass is 10.1. The van der Waals surface area contributed by atoms with E-state index in [-0.39, 0.29) is 5.91 Å². The molecule has 1 heterocycles.